The van der Waals surface area contributed by atoms with E-state index in [1.807, 2.05) is 32.3 Å². The Morgan fingerprint density at radius 3 is 2.68 bits per heavy atom. The van der Waals surface area contributed by atoms with Crippen LogP contribution in [0.1, 0.15) is 50.8 Å². The Kier molecular flexibility index (Phi) is 5.32. The summed E-state index contributed by atoms with van der Waals surface area (Å²) < 4.78 is 44.0. The van der Waals surface area contributed by atoms with Crippen LogP contribution in [-0.2, 0) is 13.6 Å². The van der Waals surface area contributed by atoms with Crippen molar-refractivity contribution in [3.05, 3.63) is 51.1 Å². The number of rotatable bonds is 4. The first-order valence-electron chi connectivity index (χ1n) is 9.77. The van der Waals surface area contributed by atoms with E-state index in [1.165, 1.54) is 22.3 Å². The molecule has 3 aromatic rings. The molecule has 4 heterocycles. The van der Waals surface area contributed by atoms with Gasteiger partial charge < -0.3 is 10.2 Å². The van der Waals surface area contributed by atoms with Crippen LogP contribution in [0.2, 0.25) is 0 Å². The van der Waals surface area contributed by atoms with E-state index in [9.17, 15) is 18.0 Å². The first-order valence-corrected chi connectivity index (χ1v) is 10.6. The molecule has 0 aromatic carbocycles. The van der Waals surface area contributed by atoms with Gasteiger partial charge in [-0.05, 0) is 25.3 Å². The van der Waals surface area contributed by atoms with Gasteiger partial charge in [0.05, 0.1) is 11.7 Å². The molecule has 11 heteroatoms. The van der Waals surface area contributed by atoms with Gasteiger partial charge in [-0.1, -0.05) is 6.07 Å². The molecule has 0 spiro atoms. The highest BCUT2D eigenvalue weighted by Crippen LogP contribution is 2.44. The number of aromatic nitrogens is 4. The van der Waals surface area contributed by atoms with Gasteiger partial charge in [-0.2, -0.15) is 23.4 Å². The molecule has 0 radical (unpaired) electrons. The molecule has 1 amide bonds. The summed E-state index contributed by atoms with van der Waals surface area (Å²) in [5.74, 6) is -0.252. The summed E-state index contributed by atoms with van der Waals surface area (Å²) in [5.41, 5.74) is 2.62. The number of amides is 1. The minimum absolute atomic E-state index is 0.0229. The predicted octanol–water partition coefficient (Wildman–Crippen LogP) is 4.23. The number of anilines is 1. The van der Waals surface area contributed by atoms with Crippen LogP contribution in [-0.4, -0.2) is 43.6 Å². The molecule has 1 aliphatic heterocycles. The molecular weight excluding hydrogens is 429 g/mol. The number of thiophene rings is 1. The molecule has 1 aliphatic rings. The highest BCUT2D eigenvalue weighted by molar-refractivity contribution is 7.10. The van der Waals surface area contributed by atoms with E-state index in [0.717, 1.165) is 26.5 Å². The fourth-order valence-corrected chi connectivity index (χ4v) is 4.70. The zero-order chi connectivity index (χ0) is 22.5. The number of nitrogens with one attached hydrogen (secondary N) is 1. The fourth-order valence-electron chi connectivity index (χ4n) is 3.90. The lowest BCUT2D eigenvalue weighted by molar-refractivity contribution is -0.173. The summed E-state index contributed by atoms with van der Waals surface area (Å²) in [7, 11) is 3.43. The first-order chi connectivity index (χ1) is 14.6. The van der Waals surface area contributed by atoms with Crippen LogP contribution >= 0.6 is 11.3 Å². The van der Waals surface area contributed by atoms with Gasteiger partial charge in [-0.3, -0.25) is 9.48 Å². The van der Waals surface area contributed by atoms with Crippen molar-refractivity contribution in [1.82, 2.24) is 24.5 Å². The average Bonchev–Trinajstić information content (AvgIpc) is 3.42. The Balaban J connectivity index is 1.62. The standard InChI is InChI=1S/C20H23F3N6OS/c1-11-13(12(2)28(4)25-11)10-27(3)19(30)15-9-18-24-14(16-6-5-7-31-16)8-17(20(21,22)23)29(18)26-15/h5-7,9,14,17,24H,8,10H2,1-4H3/t14-,17-/m1/s1. The smallest absolute Gasteiger partial charge is 0.363 e. The molecule has 1 N–H and O–H groups in total. The summed E-state index contributed by atoms with van der Waals surface area (Å²) in [4.78, 5) is 15.2. The van der Waals surface area contributed by atoms with Crippen molar-refractivity contribution in [2.24, 2.45) is 7.05 Å². The number of carbonyl (C=O) groups excluding carboxylic acids is 1. The van der Waals surface area contributed by atoms with Gasteiger partial charge in [0.2, 0.25) is 0 Å². The minimum atomic E-state index is -4.48. The molecule has 0 saturated carbocycles. The second-order valence-electron chi connectivity index (χ2n) is 7.80. The number of carbonyl (C=O) groups is 1. The number of hydrogen-bond acceptors (Lipinski definition) is 5. The number of aryl methyl sites for hydroxylation is 2. The van der Waals surface area contributed by atoms with Gasteiger partial charge >= 0.3 is 6.18 Å². The van der Waals surface area contributed by atoms with Crippen molar-refractivity contribution in [2.45, 2.75) is 45.1 Å². The normalized spacial score (nSPS) is 18.5. The zero-order valence-corrected chi connectivity index (χ0v) is 18.4. The summed E-state index contributed by atoms with van der Waals surface area (Å²) >= 11 is 1.40. The SMILES string of the molecule is Cc1nn(C)c(C)c1CN(C)C(=O)c1cc2n(n1)[C@@H](C(F)(F)F)C[C@H](c1cccs1)N2. The Bertz CT molecular complexity index is 1100. The topological polar surface area (TPSA) is 68.0 Å². The maximum atomic E-state index is 13.8. The lowest BCUT2D eigenvalue weighted by atomic mass is 10.0. The van der Waals surface area contributed by atoms with Crippen molar-refractivity contribution < 1.29 is 18.0 Å². The Morgan fingerprint density at radius 1 is 1.35 bits per heavy atom. The van der Waals surface area contributed by atoms with Gasteiger partial charge in [-0.15, -0.1) is 11.3 Å². The van der Waals surface area contributed by atoms with E-state index < -0.39 is 24.2 Å². The molecule has 0 saturated heterocycles. The number of alkyl halides is 3. The second-order valence-corrected chi connectivity index (χ2v) is 8.78. The van der Waals surface area contributed by atoms with Crippen molar-refractivity contribution >= 4 is 23.1 Å². The third-order valence-electron chi connectivity index (χ3n) is 5.70. The summed E-state index contributed by atoms with van der Waals surface area (Å²) in [5, 5.41) is 13.3. The lowest BCUT2D eigenvalue weighted by Gasteiger charge is -2.32. The third-order valence-corrected chi connectivity index (χ3v) is 6.68. The van der Waals surface area contributed by atoms with Crippen LogP contribution in [0.3, 0.4) is 0 Å². The molecule has 7 nitrogen and oxygen atoms in total. The average molecular weight is 453 g/mol. The molecule has 0 aliphatic carbocycles. The predicted molar refractivity (Wildman–Crippen MR) is 111 cm³/mol. The van der Waals surface area contributed by atoms with E-state index in [2.05, 4.69) is 15.5 Å². The van der Waals surface area contributed by atoms with E-state index in [1.54, 1.807) is 17.8 Å². The van der Waals surface area contributed by atoms with E-state index >= 15 is 0 Å². The van der Waals surface area contributed by atoms with Crippen molar-refractivity contribution in [2.75, 3.05) is 12.4 Å². The monoisotopic (exact) mass is 452 g/mol. The number of halogens is 3. The minimum Gasteiger partial charge on any atom is -0.363 e. The van der Waals surface area contributed by atoms with Gasteiger partial charge in [0, 0.05) is 49.3 Å². The molecule has 31 heavy (non-hydrogen) atoms. The van der Waals surface area contributed by atoms with Gasteiger partial charge in [-0.25, -0.2) is 4.68 Å². The largest absolute Gasteiger partial charge is 0.410 e. The molecule has 166 valence electrons. The van der Waals surface area contributed by atoms with Gasteiger partial charge in [0.1, 0.15) is 5.82 Å². The number of nitrogens with zero attached hydrogens (tertiary/aromatic N) is 5. The van der Waals surface area contributed by atoms with E-state index in [0.29, 0.717) is 6.54 Å². The van der Waals surface area contributed by atoms with Crippen molar-refractivity contribution in [3.8, 4) is 0 Å². The van der Waals surface area contributed by atoms with E-state index in [4.69, 9.17) is 0 Å². The molecule has 4 rings (SSSR count). The molecule has 0 unspecified atom stereocenters. The molecular formula is C20H23F3N6OS. The Hall–Kier alpha value is -2.82. The lowest BCUT2D eigenvalue weighted by Crippen LogP contribution is -2.35. The van der Waals surface area contributed by atoms with Gasteiger partial charge in [0.25, 0.3) is 5.91 Å². The maximum Gasteiger partial charge on any atom is 0.410 e. The van der Waals surface area contributed by atoms with Crippen LogP contribution in [0.4, 0.5) is 19.0 Å². The Labute approximate surface area is 181 Å². The van der Waals surface area contributed by atoms with Crippen LogP contribution in [0, 0.1) is 13.8 Å². The molecule has 3 aromatic heterocycles. The molecule has 0 fully saturated rings. The zero-order valence-electron chi connectivity index (χ0n) is 17.6. The quantitative estimate of drug-likeness (QED) is 0.644. The third kappa shape index (κ3) is 3.93. The summed E-state index contributed by atoms with van der Waals surface area (Å²) in [6.45, 7) is 4.06. The first kappa shape index (κ1) is 21.4. The number of hydrogen-bond donors (Lipinski definition) is 1. The summed E-state index contributed by atoms with van der Waals surface area (Å²) in [6.07, 6.45) is -4.66. The van der Waals surface area contributed by atoms with Crippen LogP contribution in [0.25, 0.3) is 0 Å². The van der Waals surface area contributed by atoms with Crippen molar-refractivity contribution in [3.63, 3.8) is 0 Å². The highest BCUT2D eigenvalue weighted by Gasteiger charge is 2.47. The second kappa shape index (κ2) is 7.70. The molecule has 0 bridgehead atoms. The Morgan fingerprint density at radius 2 is 2.10 bits per heavy atom. The molecule has 2 atom stereocenters. The summed E-state index contributed by atoms with van der Waals surface area (Å²) in [6, 6.07) is 2.73. The maximum absolute atomic E-state index is 13.8. The van der Waals surface area contributed by atoms with Crippen LogP contribution in [0.15, 0.2) is 23.6 Å². The van der Waals surface area contributed by atoms with Crippen LogP contribution in [0.5, 0.6) is 0 Å². The highest BCUT2D eigenvalue weighted by atomic mass is 32.1. The van der Waals surface area contributed by atoms with Gasteiger partial charge in [0.15, 0.2) is 11.7 Å². The number of fused-ring (bicyclic) bond motifs is 1. The van der Waals surface area contributed by atoms with Crippen molar-refractivity contribution in [1.29, 1.82) is 0 Å². The fraction of sp³-hybridized carbons (Fsp3) is 0.450. The van der Waals surface area contributed by atoms with Crippen LogP contribution < -0.4 is 5.32 Å². The van der Waals surface area contributed by atoms with E-state index in [-0.39, 0.29) is 17.9 Å².